The van der Waals surface area contributed by atoms with Crippen LogP contribution >= 0.6 is 34.9 Å². The van der Waals surface area contributed by atoms with Gasteiger partial charge in [-0.1, -0.05) is 5.16 Å². The summed E-state index contributed by atoms with van der Waals surface area (Å²) >= 11 is 3.52. The Balaban J connectivity index is 1.36. The van der Waals surface area contributed by atoms with Crippen molar-refractivity contribution in [2.24, 2.45) is 5.16 Å². The first-order chi connectivity index (χ1) is 19.1. The number of nitrogen functional groups attached to an aromatic ring is 1. The van der Waals surface area contributed by atoms with Crippen molar-refractivity contribution in [3.63, 3.8) is 0 Å². The van der Waals surface area contributed by atoms with Gasteiger partial charge < -0.3 is 26.1 Å². The fraction of sp³-hybridized carbons (Fsp3) is 0.286. The van der Waals surface area contributed by atoms with Crippen LogP contribution in [0.25, 0.3) is 5.78 Å². The third-order valence-corrected chi connectivity index (χ3v) is 8.79. The number of aryl methyl sites for hydroxylation is 1. The number of thiazole rings is 1. The molecule has 0 radical (unpaired) electrons. The second-order valence-electron chi connectivity index (χ2n) is 8.26. The number of rotatable bonds is 9. The predicted octanol–water partition coefficient (Wildman–Crippen LogP) is 0.0510. The largest absolute Gasteiger partial charge is 0.477 e. The first-order valence-corrected chi connectivity index (χ1v) is 14.1. The average molecular weight is 606 g/mol. The number of carboxylic acids is 2. The van der Waals surface area contributed by atoms with Crippen molar-refractivity contribution in [2.45, 2.75) is 23.4 Å². The molecule has 0 unspecified atom stereocenters. The summed E-state index contributed by atoms with van der Waals surface area (Å²) < 4.78 is 1.38. The zero-order chi connectivity index (χ0) is 28.7. The number of aliphatic carboxylic acids is 1. The molecule has 19 heteroatoms. The predicted molar refractivity (Wildman–Crippen MR) is 143 cm³/mol. The number of hydrogen-bond donors (Lipinski definition) is 4. The summed E-state index contributed by atoms with van der Waals surface area (Å²) in [5.74, 6) is -3.04. The summed E-state index contributed by atoms with van der Waals surface area (Å²) in [7, 11) is 1.25. The van der Waals surface area contributed by atoms with Gasteiger partial charge in [0.2, 0.25) is 0 Å². The number of fused-ring (bicyclic) bond motifs is 2. The molecule has 2 atom stereocenters. The molecule has 5 heterocycles. The monoisotopic (exact) mass is 605 g/mol. The number of oxime groups is 1. The molecule has 40 heavy (non-hydrogen) atoms. The van der Waals surface area contributed by atoms with Gasteiger partial charge in [0.25, 0.3) is 17.6 Å². The highest BCUT2D eigenvalue weighted by atomic mass is 32.2. The number of β-lactam (4-membered cyclic amide) rings is 1. The van der Waals surface area contributed by atoms with Crippen LogP contribution in [0, 0.1) is 6.92 Å². The van der Waals surface area contributed by atoms with Crippen molar-refractivity contribution in [1.82, 2.24) is 34.8 Å². The van der Waals surface area contributed by atoms with Crippen LogP contribution in [0.15, 0.2) is 32.9 Å². The molecule has 5 rings (SSSR count). The van der Waals surface area contributed by atoms with Crippen molar-refractivity contribution < 1.29 is 34.2 Å². The molecular formula is C21H19N9O7S3. The number of carboxylic acid groups (broad SMARTS) is 2. The number of nitrogens with one attached hydrogen (secondary N) is 1. The quantitative estimate of drug-likeness (QED) is 0.0831. The lowest BCUT2D eigenvalue weighted by Gasteiger charge is -2.49. The summed E-state index contributed by atoms with van der Waals surface area (Å²) in [5, 5.41) is 31.4. The van der Waals surface area contributed by atoms with Crippen LogP contribution in [0.2, 0.25) is 0 Å². The smallest absolute Gasteiger partial charge is 0.354 e. The standard InChI is InChI=1S/C21H19N9O7S3/c1-7-23-21-25-9(18(33)34)3-11(30(21)27-7)38-4-8-5-39-17-13(16(32)29(17)14(8)19(35)36)26-15(31)12(28-37-2)10-6-40-20(22)24-10/h3,6,13,17H,4-5H2,1-2H3,(H2,22,24)(H,26,31)(H,33,34)(H,35,36)/t13-,17-/m1/s1. The number of amides is 2. The van der Waals surface area contributed by atoms with Gasteiger partial charge in [0.1, 0.15) is 40.8 Å². The van der Waals surface area contributed by atoms with Gasteiger partial charge in [-0.25, -0.2) is 19.6 Å². The molecule has 0 spiro atoms. The molecule has 5 N–H and O–H groups in total. The molecule has 0 aliphatic carbocycles. The van der Waals surface area contributed by atoms with E-state index in [1.54, 1.807) is 6.92 Å². The minimum absolute atomic E-state index is 0.0960. The Labute approximate surface area is 236 Å². The summed E-state index contributed by atoms with van der Waals surface area (Å²) in [4.78, 5) is 67.8. The molecule has 2 amide bonds. The van der Waals surface area contributed by atoms with Gasteiger partial charge in [0.05, 0.1) is 0 Å². The first-order valence-electron chi connectivity index (χ1n) is 11.2. The highest BCUT2D eigenvalue weighted by molar-refractivity contribution is 8.01. The van der Waals surface area contributed by atoms with Gasteiger partial charge in [-0.15, -0.1) is 40.0 Å². The van der Waals surface area contributed by atoms with E-state index in [2.05, 4.69) is 30.5 Å². The Morgan fingerprint density at radius 3 is 2.67 bits per heavy atom. The average Bonchev–Trinajstić information content (AvgIpc) is 3.52. The van der Waals surface area contributed by atoms with E-state index in [1.807, 2.05) is 0 Å². The molecule has 3 aromatic heterocycles. The topological polar surface area (TPSA) is 228 Å². The van der Waals surface area contributed by atoms with Crippen LogP contribution in [0.3, 0.4) is 0 Å². The molecule has 0 aromatic carbocycles. The highest BCUT2D eigenvalue weighted by Gasteiger charge is 2.54. The molecule has 0 bridgehead atoms. The first kappa shape index (κ1) is 27.3. The molecule has 0 saturated carbocycles. The number of nitrogens with zero attached hydrogens (tertiary/aromatic N) is 7. The lowest BCUT2D eigenvalue weighted by atomic mass is 10.0. The number of hydrogen-bond acceptors (Lipinski definition) is 14. The maximum absolute atomic E-state index is 13.1. The Morgan fingerprint density at radius 2 is 2.02 bits per heavy atom. The summed E-state index contributed by atoms with van der Waals surface area (Å²) in [6.07, 6.45) is 0. The van der Waals surface area contributed by atoms with Crippen molar-refractivity contribution >= 4 is 75.2 Å². The minimum Gasteiger partial charge on any atom is -0.477 e. The maximum atomic E-state index is 13.1. The minimum atomic E-state index is -1.30. The molecule has 208 valence electrons. The van der Waals surface area contributed by atoms with Gasteiger partial charge in [-0.05, 0) is 12.5 Å². The molecular weight excluding hydrogens is 586 g/mol. The van der Waals surface area contributed by atoms with Crippen molar-refractivity contribution in [3.8, 4) is 0 Å². The summed E-state index contributed by atoms with van der Waals surface area (Å²) in [6, 6.07) is 0.318. The van der Waals surface area contributed by atoms with E-state index in [0.717, 1.165) is 28.0 Å². The number of anilines is 1. The van der Waals surface area contributed by atoms with E-state index < -0.39 is 35.2 Å². The van der Waals surface area contributed by atoms with E-state index in [4.69, 9.17) is 10.6 Å². The van der Waals surface area contributed by atoms with Crippen LogP contribution in [0.4, 0.5) is 5.13 Å². The van der Waals surface area contributed by atoms with Crippen molar-refractivity contribution in [2.75, 3.05) is 24.3 Å². The van der Waals surface area contributed by atoms with E-state index >= 15 is 0 Å². The van der Waals surface area contributed by atoms with Gasteiger partial charge in [0, 0.05) is 23.0 Å². The van der Waals surface area contributed by atoms with Gasteiger partial charge in [-0.2, -0.15) is 9.50 Å². The lowest BCUT2D eigenvalue weighted by molar-refractivity contribution is -0.150. The number of thioether (sulfide) groups is 2. The number of carbonyl (C=O) groups excluding carboxylic acids is 2. The van der Waals surface area contributed by atoms with Crippen LogP contribution in [0.5, 0.6) is 0 Å². The van der Waals surface area contributed by atoms with Crippen LogP contribution < -0.4 is 11.1 Å². The zero-order valence-corrected chi connectivity index (χ0v) is 23.0. The normalized spacial score (nSPS) is 18.9. The molecule has 2 aliphatic rings. The van der Waals surface area contributed by atoms with Crippen LogP contribution in [-0.2, 0) is 19.2 Å². The van der Waals surface area contributed by atoms with E-state index in [9.17, 15) is 29.4 Å². The fourth-order valence-electron chi connectivity index (χ4n) is 4.01. The van der Waals surface area contributed by atoms with E-state index in [1.165, 1.54) is 34.8 Å². The third-order valence-electron chi connectivity index (χ3n) is 5.70. The lowest BCUT2D eigenvalue weighted by Crippen LogP contribution is -2.71. The Kier molecular flexibility index (Phi) is 7.34. The molecule has 2 aliphatic heterocycles. The SMILES string of the molecule is CON=C(C(=O)N[C@@H]1C(=O)N2C(C(=O)O)=C(CSc3cc(C(=O)O)nc4nc(C)nn34)CS[C@H]12)c1csc(N)n1. The molecule has 1 saturated heterocycles. The van der Waals surface area contributed by atoms with Gasteiger partial charge in [-0.3, -0.25) is 14.5 Å². The highest BCUT2D eigenvalue weighted by Crippen LogP contribution is 2.41. The molecule has 16 nitrogen and oxygen atoms in total. The Hall–Kier alpha value is -4.23. The molecule has 1 fully saturated rings. The number of aromatic nitrogens is 5. The van der Waals surface area contributed by atoms with Crippen LogP contribution in [-0.4, -0.2) is 99.2 Å². The second-order valence-corrected chi connectivity index (χ2v) is 11.2. The van der Waals surface area contributed by atoms with E-state index in [0.29, 0.717) is 16.4 Å². The fourth-order valence-corrected chi connectivity index (χ4v) is 7.04. The number of aromatic carboxylic acids is 1. The second kappa shape index (κ2) is 10.7. The zero-order valence-electron chi connectivity index (χ0n) is 20.6. The third kappa shape index (κ3) is 4.93. The number of nitrogens with two attached hydrogens (primary N) is 1. The van der Waals surface area contributed by atoms with Crippen molar-refractivity contribution in [1.29, 1.82) is 0 Å². The van der Waals surface area contributed by atoms with E-state index in [-0.39, 0.29) is 45.2 Å². The van der Waals surface area contributed by atoms with Crippen molar-refractivity contribution in [3.05, 3.63) is 39.9 Å². The Morgan fingerprint density at radius 1 is 1.25 bits per heavy atom. The Bertz CT molecular complexity index is 1630. The number of carbonyl (C=O) groups is 4. The van der Waals surface area contributed by atoms with Gasteiger partial charge in [0.15, 0.2) is 16.5 Å². The van der Waals surface area contributed by atoms with Crippen LogP contribution in [0.1, 0.15) is 22.0 Å². The molecule has 3 aromatic rings. The summed E-state index contributed by atoms with van der Waals surface area (Å²) in [5.41, 5.74) is 5.65. The maximum Gasteiger partial charge on any atom is 0.354 e. The van der Waals surface area contributed by atoms with Gasteiger partial charge >= 0.3 is 11.9 Å². The summed E-state index contributed by atoms with van der Waals surface area (Å²) in [6.45, 7) is 1.63.